The molecule has 1 heterocycles. The fourth-order valence-electron chi connectivity index (χ4n) is 3.80. The third-order valence-corrected chi connectivity index (χ3v) is 6.84. The van der Waals surface area contributed by atoms with E-state index in [0.29, 0.717) is 35.5 Å². The van der Waals surface area contributed by atoms with Crippen LogP contribution in [0.25, 0.3) is 16.3 Å². The van der Waals surface area contributed by atoms with Gasteiger partial charge >= 0.3 is 0 Å². The van der Waals surface area contributed by atoms with Crippen molar-refractivity contribution in [1.29, 1.82) is 0 Å². The van der Waals surface area contributed by atoms with E-state index >= 15 is 0 Å². The van der Waals surface area contributed by atoms with Crippen LogP contribution in [0.2, 0.25) is 0 Å². The quantitative estimate of drug-likeness (QED) is 0.294. The number of likely N-dealkylation sites (N-methyl/N-ethyl adjacent to an activating group) is 1. The molecule has 0 saturated heterocycles. The Labute approximate surface area is 217 Å². The fourth-order valence-corrected chi connectivity index (χ4v) is 4.83. The normalized spacial score (nSPS) is 11.3. The largest absolute Gasteiger partial charge is 0.494 e. The van der Waals surface area contributed by atoms with Crippen LogP contribution in [-0.4, -0.2) is 69.9 Å². The number of hydrogen-bond donors (Lipinski definition) is 0. The van der Waals surface area contributed by atoms with Crippen molar-refractivity contribution in [1.82, 2.24) is 9.88 Å². The molecule has 0 N–H and O–H groups in total. The Bertz CT molecular complexity index is 1160. The zero-order valence-electron chi connectivity index (χ0n) is 21.9. The first-order valence-corrected chi connectivity index (χ1v) is 12.8. The molecule has 36 heavy (non-hydrogen) atoms. The summed E-state index contributed by atoms with van der Waals surface area (Å²) in [5, 5.41) is 0.658. The van der Waals surface area contributed by atoms with Gasteiger partial charge in [-0.1, -0.05) is 25.2 Å². The molecule has 0 atom stereocenters. The van der Waals surface area contributed by atoms with E-state index in [0.717, 1.165) is 41.2 Å². The zero-order chi connectivity index (χ0) is 26.1. The Morgan fingerprint density at radius 3 is 2.25 bits per heavy atom. The van der Waals surface area contributed by atoms with E-state index in [-0.39, 0.29) is 5.91 Å². The molecule has 0 spiro atoms. The summed E-state index contributed by atoms with van der Waals surface area (Å²) in [5.74, 6) is 2.20. The van der Waals surface area contributed by atoms with Gasteiger partial charge in [0, 0.05) is 19.2 Å². The summed E-state index contributed by atoms with van der Waals surface area (Å²) in [7, 11) is 4.69. The van der Waals surface area contributed by atoms with Crippen LogP contribution in [0.1, 0.15) is 26.3 Å². The highest BCUT2D eigenvalue weighted by molar-refractivity contribution is 7.22. The molecule has 0 aliphatic heterocycles. The van der Waals surface area contributed by atoms with Crippen LogP contribution in [0.5, 0.6) is 23.0 Å². The van der Waals surface area contributed by atoms with Gasteiger partial charge in [-0.3, -0.25) is 9.69 Å². The molecule has 1 aromatic heterocycles. The lowest BCUT2D eigenvalue weighted by Crippen LogP contribution is -2.38. The molecule has 1 amide bonds. The van der Waals surface area contributed by atoms with Crippen molar-refractivity contribution in [3.63, 3.8) is 0 Å². The summed E-state index contributed by atoms with van der Waals surface area (Å²) in [6.45, 7) is 9.89. The first-order valence-electron chi connectivity index (χ1n) is 12.0. The van der Waals surface area contributed by atoms with Gasteiger partial charge in [-0.05, 0) is 62.0 Å². The number of aromatic nitrogens is 1. The minimum Gasteiger partial charge on any atom is -0.494 e. The highest BCUT2D eigenvalue weighted by Crippen LogP contribution is 2.38. The van der Waals surface area contributed by atoms with Crippen molar-refractivity contribution in [2.24, 2.45) is 0 Å². The highest BCUT2D eigenvalue weighted by Gasteiger charge is 2.19. The molecular weight excluding hydrogens is 478 g/mol. The van der Waals surface area contributed by atoms with E-state index in [1.165, 1.54) is 11.3 Å². The van der Waals surface area contributed by atoms with Crippen molar-refractivity contribution >= 4 is 38.7 Å². The molecule has 0 aliphatic carbocycles. The Morgan fingerprint density at radius 1 is 0.972 bits per heavy atom. The van der Waals surface area contributed by atoms with E-state index in [1.807, 2.05) is 25.1 Å². The number of anilines is 1. The molecule has 194 valence electrons. The minimum absolute atomic E-state index is 0.153. The molecule has 0 unspecified atom stereocenters. The molecule has 3 aromatic rings. The lowest BCUT2D eigenvalue weighted by atomic mass is 10.1. The third-order valence-electron chi connectivity index (χ3n) is 5.80. The second-order valence-corrected chi connectivity index (χ2v) is 8.88. The minimum atomic E-state index is -0.153. The standard InChI is InChI=1S/C27H35N3O5S/c1-7-29(8-2)14-15-30(27-28-21-12-11-20(35-9-3)18-24(21)36-27)25(31)13-10-19-16-22(32-4)26(34-6)23(17-19)33-5/h10-13,16-18H,7-9,14-15H2,1-6H3. The summed E-state index contributed by atoms with van der Waals surface area (Å²) in [6, 6.07) is 9.41. The number of amides is 1. The van der Waals surface area contributed by atoms with Crippen LogP contribution < -0.4 is 23.8 Å². The number of rotatable bonds is 13. The van der Waals surface area contributed by atoms with Crippen LogP contribution in [0, 0.1) is 0 Å². The first kappa shape index (κ1) is 27.3. The number of ether oxygens (including phenoxy) is 4. The Hall–Kier alpha value is -3.30. The second kappa shape index (κ2) is 13.1. The summed E-state index contributed by atoms with van der Waals surface area (Å²) < 4.78 is 22.9. The van der Waals surface area contributed by atoms with Gasteiger partial charge in [0.25, 0.3) is 5.91 Å². The average molecular weight is 514 g/mol. The summed E-state index contributed by atoms with van der Waals surface area (Å²) in [6.07, 6.45) is 3.30. The summed E-state index contributed by atoms with van der Waals surface area (Å²) in [5.41, 5.74) is 1.60. The van der Waals surface area contributed by atoms with Gasteiger partial charge in [0.1, 0.15) is 5.75 Å². The maximum absolute atomic E-state index is 13.5. The van der Waals surface area contributed by atoms with Crippen molar-refractivity contribution < 1.29 is 23.7 Å². The maximum atomic E-state index is 13.5. The van der Waals surface area contributed by atoms with E-state index in [2.05, 4.69) is 18.7 Å². The van der Waals surface area contributed by atoms with Crippen LogP contribution in [-0.2, 0) is 4.79 Å². The van der Waals surface area contributed by atoms with Crippen molar-refractivity contribution in [3.8, 4) is 23.0 Å². The van der Waals surface area contributed by atoms with Gasteiger partial charge in [-0.2, -0.15) is 0 Å². The van der Waals surface area contributed by atoms with E-state index < -0.39 is 0 Å². The lowest BCUT2D eigenvalue weighted by Gasteiger charge is -2.23. The molecule has 8 nitrogen and oxygen atoms in total. The van der Waals surface area contributed by atoms with Crippen LogP contribution in [0.4, 0.5) is 5.13 Å². The van der Waals surface area contributed by atoms with Crippen molar-refractivity contribution in [3.05, 3.63) is 42.0 Å². The molecule has 9 heteroatoms. The van der Waals surface area contributed by atoms with E-state index in [1.54, 1.807) is 50.5 Å². The van der Waals surface area contributed by atoms with Crippen molar-refractivity contribution in [2.75, 3.05) is 59.0 Å². The molecule has 3 rings (SSSR count). The smallest absolute Gasteiger partial charge is 0.252 e. The van der Waals surface area contributed by atoms with Crippen LogP contribution in [0.3, 0.4) is 0 Å². The number of thiazole rings is 1. The predicted octanol–water partition coefficient (Wildman–Crippen LogP) is 5.11. The van der Waals surface area contributed by atoms with Gasteiger partial charge in [0.15, 0.2) is 16.6 Å². The molecule has 0 fully saturated rings. The Kier molecular flexibility index (Phi) is 9.95. The van der Waals surface area contributed by atoms with E-state index in [9.17, 15) is 4.79 Å². The van der Waals surface area contributed by atoms with Crippen LogP contribution >= 0.6 is 11.3 Å². The molecule has 0 saturated carbocycles. The van der Waals surface area contributed by atoms with Gasteiger partial charge in [0.05, 0.1) is 38.2 Å². The molecule has 0 bridgehead atoms. The van der Waals surface area contributed by atoms with Crippen molar-refractivity contribution in [2.45, 2.75) is 20.8 Å². The monoisotopic (exact) mass is 513 g/mol. The Morgan fingerprint density at radius 2 is 1.67 bits per heavy atom. The molecule has 0 radical (unpaired) electrons. The highest BCUT2D eigenvalue weighted by atomic mass is 32.1. The predicted molar refractivity (Wildman–Crippen MR) is 146 cm³/mol. The summed E-state index contributed by atoms with van der Waals surface area (Å²) >= 11 is 1.48. The van der Waals surface area contributed by atoms with Gasteiger partial charge in [0.2, 0.25) is 5.75 Å². The number of nitrogens with zero attached hydrogens (tertiary/aromatic N) is 3. The SMILES string of the molecule is CCOc1ccc2nc(N(CCN(CC)CC)C(=O)C=Cc3cc(OC)c(OC)c(OC)c3)sc2c1. The number of methoxy groups -OCH3 is 3. The number of fused-ring (bicyclic) bond motifs is 1. The second-order valence-electron chi connectivity index (χ2n) is 7.87. The van der Waals surface area contributed by atoms with Gasteiger partial charge in [-0.15, -0.1) is 0 Å². The maximum Gasteiger partial charge on any atom is 0.252 e. The number of hydrogen-bond acceptors (Lipinski definition) is 8. The number of carbonyl (C=O) groups is 1. The van der Waals surface area contributed by atoms with Crippen LogP contribution in [0.15, 0.2) is 36.4 Å². The number of carbonyl (C=O) groups excluding carboxylic acids is 1. The zero-order valence-corrected chi connectivity index (χ0v) is 22.7. The summed E-state index contributed by atoms with van der Waals surface area (Å²) in [4.78, 5) is 22.2. The molecule has 2 aromatic carbocycles. The van der Waals surface area contributed by atoms with Gasteiger partial charge < -0.3 is 23.8 Å². The molecule has 0 aliphatic rings. The lowest BCUT2D eigenvalue weighted by molar-refractivity contribution is -0.114. The average Bonchev–Trinajstić information content (AvgIpc) is 3.32. The third kappa shape index (κ3) is 6.47. The first-order chi connectivity index (χ1) is 17.5. The van der Waals surface area contributed by atoms with E-state index in [4.69, 9.17) is 23.9 Å². The fraction of sp³-hybridized carbons (Fsp3) is 0.407. The molecular formula is C27H35N3O5S. The topological polar surface area (TPSA) is 73.4 Å². The van der Waals surface area contributed by atoms with Gasteiger partial charge in [-0.25, -0.2) is 4.98 Å². The Balaban J connectivity index is 1.92. The number of benzene rings is 2.